The van der Waals surface area contributed by atoms with Gasteiger partial charge >= 0.3 is 0 Å². The molecule has 2 heterocycles. The van der Waals surface area contributed by atoms with Crippen LogP contribution in [-0.2, 0) is 0 Å². The summed E-state index contributed by atoms with van der Waals surface area (Å²) in [6.07, 6.45) is 0. The number of carbonyl (C=O) groups is 1. The number of aromatic amines is 1. The lowest BCUT2D eigenvalue weighted by Gasteiger charge is -2.04. The number of hydrogen-bond donors (Lipinski definition) is 2. The van der Waals surface area contributed by atoms with E-state index in [1.807, 2.05) is 44.2 Å². The van der Waals surface area contributed by atoms with E-state index in [0.29, 0.717) is 22.2 Å². The number of nitrogens with zero attached hydrogens (tertiary/aromatic N) is 4. The van der Waals surface area contributed by atoms with Crippen LogP contribution in [0.5, 0.6) is 0 Å². The number of Topliss-reactive ketones (excluding diaryl/α,β-unsaturated/α-hetero) is 1. The van der Waals surface area contributed by atoms with Gasteiger partial charge in [-0.25, -0.2) is 4.68 Å². The van der Waals surface area contributed by atoms with Crippen LogP contribution in [0.15, 0.2) is 35.5 Å². The maximum atomic E-state index is 12.3. The van der Waals surface area contributed by atoms with E-state index in [0.717, 1.165) is 11.3 Å². The van der Waals surface area contributed by atoms with Crippen LogP contribution in [0.25, 0.3) is 11.5 Å². The summed E-state index contributed by atoms with van der Waals surface area (Å²) in [6, 6.07) is 9.34. The molecule has 0 saturated heterocycles. The first-order chi connectivity index (χ1) is 11.1. The second-order valence-corrected chi connectivity index (χ2v) is 6.08. The minimum Gasteiger partial charge on any atom is -0.335 e. The van der Waals surface area contributed by atoms with Crippen LogP contribution in [0, 0.1) is 13.8 Å². The van der Waals surface area contributed by atoms with E-state index in [-0.39, 0.29) is 11.5 Å². The van der Waals surface area contributed by atoms with E-state index >= 15 is 0 Å². The number of aromatic nitrogens is 5. The molecule has 3 N–H and O–H groups in total. The number of H-pyrrole nitrogens is 1. The number of carbonyl (C=O) groups excluding carboxylic acids is 1. The van der Waals surface area contributed by atoms with Crippen LogP contribution >= 0.6 is 11.8 Å². The van der Waals surface area contributed by atoms with Gasteiger partial charge in [0.2, 0.25) is 11.0 Å². The largest absolute Gasteiger partial charge is 0.335 e. The van der Waals surface area contributed by atoms with Gasteiger partial charge in [-0.2, -0.15) is 5.10 Å². The lowest BCUT2D eigenvalue weighted by atomic mass is 10.1. The van der Waals surface area contributed by atoms with E-state index < -0.39 is 0 Å². The third kappa shape index (κ3) is 3.11. The Morgan fingerprint density at radius 1 is 1.30 bits per heavy atom. The molecule has 0 amide bonds. The van der Waals surface area contributed by atoms with Gasteiger partial charge in [-0.1, -0.05) is 36.0 Å². The van der Waals surface area contributed by atoms with Crippen molar-refractivity contribution in [1.82, 2.24) is 25.1 Å². The molecular weight excluding hydrogens is 312 g/mol. The normalized spacial score (nSPS) is 10.9. The van der Waals surface area contributed by atoms with Gasteiger partial charge in [0.05, 0.1) is 5.75 Å². The zero-order valence-electron chi connectivity index (χ0n) is 12.8. The minimum absolute atomic E-state index is 0.0354. The van der Waals surface area contributed by atoms with Gasteiger partial charge < -0.3 is 5.84 Å². The summed E-state index contributed by atoms with van der Waals surface area (Å²) < 4.78 is 1.35. The van der Waals surface area contributed by atoms with E-state index in [9.17, 15) is 4.79 Å². The first kappa shape index (κ1) is 15.3. The fraction of sp³-hybridized carbons (Fsp3) is 0.200. The number of ketones is 1. The van der Waals surface area contributed by atoms with Gasteiger partial charge in [0.1, 0.15) is 5.69 Å². The van der Waals surface area contributed by atoms with Crippen molar-refractivity contribution in [3.8, 4) is 11.5 Å². The number of benzene rings is 1. The van der Waals surface area contributed by atoms with Crippen molar-refractivity contribution >= 4 is 17.5 Å². The van der Waals surface area contributed by atoms with Crippen molar-refractivity contribution in [2.75, 3.05) is 11.6 Å². The summed E-state index contributed by atoms with van der Waals surface area (Å²) in [7, 11) is 0. The Bertz CT molecular complexity index is 853. The topological polar surface area (TPSA) is 102 Å². The van der Waals surface area contributed by atoms with Crippen molar-refractivity contribution in [2.24, 2.45) is 0 Å². The zero-order chi connectivity index (χ0) is 16.4. The quantitative estimate of drug-likeness (QED) is 0.422. The SMILES string of the molecule is Cc1cc(-c2nnc(SCC(=O)c3ccccc3C)n2N)n[nH]1. The van der Waals surface area contributed by atoms with Crippen molar-refractivity contribution in [1.29, 1.82) is 0 Å². The molecule has 0 aliphatic carbocycles. The molecule has 7 nitrogen and oxygen atoms in total. The smallest absolute Gasteiger partial charge is 0.210 e. The number of nitrogen functional groups attached to an aromatic ring is 1. The average molecular weight is 328 g/mol. The maximum Gasteiger partial charge on any atom is 0.210 e. The first-order valence-electron chi connectivity index (χ1n) is 7.01. The molecule has 0 atom stereocenters. The van der Waals surface area contributed by atoms with Gasteiger partial charge in [-0.3, -0.25) is 9.89 Å². The molecule has 118 valence electrons. The molecule has 0 saturated carbocycles. The molecular formula is C15H16N6OS. The van der Waals surface area contributed by atoms with E-state index in [1.54, 1.807) is 0 Å². The van der Waals surface area contributed by atoms with Gasteiger partial charge in [-0.05, 0) is 25.5 Å². The molecule has 1 aromatic carbocycles. The van der Waals surface area contributed by atoms with E-state index in [2.05, 4.69) is 20.4 Å². The van der Waals surface area contributed by atoms with Gasteiger partial charge in [-0.15, -0.1) is 10.2 Å². The number of rotatable bonds is 5. The molecule has 0 radical (unpaired) electrons. The summed E-state index contributed by atoms with van der Waals surface area (Å²) in [5, 5.41) is 15.5. The number of nitrogens with two attached hydrogens (primary N) is 1. The number of hydrogen-bond acceptors (Lipinski definition) is 6. The lowest BCUT2D eigenvalue weighted by Crippen LogP contribution is -2.13. The highest BCUT2D eigenvalue weighted by atomic mass is 32.2. The minimum atomic E-state index is 0.0354. The molecule has 3 rings (SSSR count). The Hall–Kier alpha value is -2.61. The molecule has 0 aliphatic heterocycles. The van der Waals surface area contributed by atoms with Crippen LogP contribution < -0.4 is 5.84 Å². The molecule has 2 aromatic heterocycles. The molecule has 0 fully saturated rings. The first-order valence-corrected chi connectivity index (χ1v) is 7.99. The van der Waals surface area contributed by atoms with Gasteiger partial charge in [0, 0.05) is 11.3 Å². The summed E-state index contributed by atoms with van der Waals surface area (Å²) in [4.78, 5) is 12.3. The number of nitrogens with one attached hydrogen (secondary N) is 1. The monoisotopic (exact) mass is 328 g/mol. The van der Waals surface area contributed by atoms with E-state index in [4.69, 9.17) is 5.84 Å². The summed E-state index contributed by atoms with van der Waals surface area (Å²) in [5.74, 6) is 6.75. The maximum absolute atomic E-state index is 12.3. The summed E-state index contributed by atoms with van der Waals surface area (Å²) in [6.45, 7) is 3.81. The second-order valence-electron chi connectivity index (χ2n) is 5.14. The molecule has 0 bridgehead atoms. The molecule has 0 aliphatic rings. The lowest BCUT2D eigenvalue weighted by molar-refractivity contribution is 0.102. The second kappa shape index (κ2) is 6.25. The third-order valence-electron chi connectivity index (χ3n) is 3.38. The Labute approximate surface area is 137 Å². The third-order valence-corrected chi connectivity index (χ3v) is 4.32. The standard InChI is InChI=1S/C15H16N6OS/c1-9-5-3-4-6-11(9)13(22)8-23-15-20-19-14(21(15)16)12-7-10(2)17-18-12/h3-7H,8,16H2,1-2H3,(H,17,18). The highest BCUT2D eigenvalue weighted by Gasteiger charge is 2.16. The Morgan fingerprint density at radius 2 is 2.09 bits per heavy atom. The van der Waals surface area contributed by atoms with Crippen LogP contribution in [0.2, 0.25) is 0 Å². The van der Waals surface area contributed by atoms with Crippen molar-refractivity contribution < 1.29 is 4.79 Å². The highest BCUT2D eigenvalue weighted by molar-refractivity contribution is 7.99. The van der Waals surface area contributed by atoms with Crippen LogP contribution in [0.3, 0.4) is 0 Å². The molecule has 0 spiro atoms. The number of thioether (sulfide) groups is 1. The molecule has 23 heavy (non-hydrogen) atoms. The zero-order valence-corrected chi connectivity index (χ0v) is 13.6. The van der Waals surface area contributed by atoms with Crippen LogP contribution in [0.1, 0.15) is 21.6 Å². The average Bonchev–Trinajstić information content (AvgIpc) is 3.11. The van der Waals surface area contributed by atoms with Crippen molar-refractivity contribution in [3.63, 3.8) is 0 Å². The Morgan fingerprint density at radius 3 is 2.78 bits per heavy atom. The number of aryl methyl sites for hydroxylation is 2. The van der Waals surface area contributed by atoms with Gasteiger partial charge in [0.25, 0.3) is 0 Å². The molecule has 0 unspecified atom stereocenters. The Kier molecular flexibility index (Phi) is 4.16. The highest BCUT2D eigenvalue weighted by Crippen LogP contribution is 2.22. The summed E-state index contributed by atoms with van der Waals surface area (Å²) >= 11 is 1.26. The summed E-state index contributed by atoms with van der Waals surface area (Å²) in [5.41, 5.74) is 3.20. The Balaban J connectivity index is 1.73. The van der Waals surface area contributed by atoms with E-state index in [1.165, 1.54) is 16.4 Å². The fourth-order valence-electron chi connectivity index (χ4n) is 2.18. The fourth-order valence-corrected chi connectivity index (χ4v) is 2.92. The molecule has 8 heteroatoms. The predicted molar refractivity (Wildman–Crippen MR) is 88.7 cm³/mol. The van der Waals surface area contributed by atoms with Gasteiger partial charge in [0.15, 0.2) is 5.78 Å². The van der Waals surface area contributed by atoms with Crippen molar-refractivity contribution in [3.05, 3.63) is 47.2 Å². The predicted octanol–water partition coefficient (Wildman–Crippen LogP) is 1.97. The van der Waals surface area contributed by atoms with Crippen molar-refractivity contribution in [2.45, 2.75) is 19.0 Å². The van der Waals surface area contributed by atoms with Crippen LogP contribution in [0.4, 0.5) is 0 Å². The molecule has 3 aromatic rings. The van der Waals surface area contributed by atoms with Crippen LogP contribution in [-0.4, -0.2) is 36.6 Å².